The van der Waals surface area contributed by atoms with Crippen LogP contribution < -0.4 is 0 Å². The van der Waals surface area contributed by atoms with Crippen LogP contribution in [0.2, 0.25) is 0 Å². The van der Waals surface area contributed by atoms with Crippen LogP contribution in [-0.4, -0.2) is 6.29 Å². The van der Waals surface area contributed by atoms with Crippen LogP contribution in [0.4, 0.5) is 0 Å². The number of hydrogen-bond acceptors (Lipinski definition) is 2. The van der Waals surface area contributed by atoms with Gasteiger partial charge in [-0.15, -0.1) is 17.0 Å². The second-order valence-electron chi connectivity index (χ2n) is 2.23. The van der Waals surface area contributed by atoms with Gasteiger partial charge in [0, 0.05) is 0 Å². The fourth-order valence-electron chi connectivity index (χ4n) is 1.03. The van der Waals surface area contributed by atoms with Gasteiger partial charge in [0.05, 0.1) is 6.29 Å². The zero-order valence-corrected chi connectivity index (χ0v) is 11.3. The molecule has 0 atom stereocenters. The summed E-state index contributed by atoms with van der Waals surface area (Å²) in [7, 11) is 4.76. The molecule has 0 aliphatic heterocycles. The van der Waals surface area contributed by atoms with Crippen molar-refractivity contribution in [1.29, 1.82) is 0 Å². The number of hydrogen-bond donors (Lipinski definition) is 0. The maximum absolute atomic E-state index is 10.5. The number of fused-ring (bicyclic) bond motifs is 1. The van der Waals surface area contributed by atoms with Crippen molar-refractivity contribution < 1.29 is 22.1 Å². The number of benzene rings is 1. The van der Waals surface area contributed by atoms with Gasteiger partial charge in [0.25, 0.3) is 0 Å². The van der Waals surface area contributed by atoms with E-state index in [0.29, 0.717) is 5.56 Å². The summed E-state index contributed by atoms with van der Waals surface area (Å²) in [5, 5.41) is 3.94. The minimum atomic E-state index is 0.672. The fourth-order valence-corrected chi connectivity index (χ4v) is 1.84. The molecule has 0 aliphatic carbocycles. The van der Waals surface area contributed by atoms with Crippen molar-refractivity contribution in [2.24, 2.45) is 0 Å². The van der Waals surface area contributed by atoms with Crippen LogP contribution in [0.15, 0.2) is 24.3 Å². The van der Waals surface area contributed by atoms with Crippen LogP contribution >= 0.6 is 21.0 Å². The Kier molecular flexibility index (Phi) is 4.57. The van der Waals surface area contributed by atoms with Crippen LogP contribution in [0.3, 0.4) is 0 Å². The summed E-state index contributed by atoms with van der Waals surface area (Å²) < 4.78 is 1.12. The van der Waals surface area contributed by atoms with Crippen molar-refractivity contribution in [2.45, 2.75) is 0 Å². The Morgan fingerprint density at radius 2 is 2.08 bits per heavy atom. The summed E-state index contributed by atoms with van der Waals surface area (Å²) >= 11 is 2.33. The molecular formula is C9H5ClOSZn. The zero-order valence-electron chi connectivity index (χ0n) is 6.79. The summed E-state index contributed by atoms with van der Waals surface area (Å²) in [4.78, 5) is 10.5. The number of rotatable bonds is 1. The van der Waals surface area contributed by atoms with Gasteiger partial charge < -0.3 is 4.79 Å². The van der Waals surface area contributed by atoms with Crippen molar-refractivity contribution in [1.82, 2.24) is 0 Å². The second kappa shape index (κ2) is 5.48. The van der Waals surface area contributed by atoms with Gasteiger partial charge in [-0.3, -0.25) is 11.3 Å². The van der Waals surface area contributed by atoms with Gasteiger partial charge in [-0.1, -0.05) is 28.3 Å². The average Bonchev–Trinajstić information content (AvgIpc) is 2.64. The first-order valence-electron chi connectivity index (χ1n) is 3.53. The molecule has 0 saturated carbocycles. The Hall–Kier alpha value is -0.237. The Balaban J connectivity index is 0.000000396. The van der Waals surface area contributed by atoms with E-state index in [1.165, 1.54) is 11.3 Å². The fraction of sp³-hybridized carbons (Fsp3) is 0. The third kappa shape index (κ3) is 2.37. The molecule has 4 heteroatoms. The minimum absolute atomic E-state index is 0.672. The molecule has 0 fully saturated rings. The molecule has 62 valence electrons. The molecule has 2 aromatic rings. The first-order chi connectivity index (χ1) is 6.42. The molecule has 0 N–H and O–H groups in total. The van der Waals surface area contributed by atoms with E-state index in [0.717, 1.165) is 33.7 Å². The van der Waals surface area contributed by atoms with Gasteiger partial charge >= 0.3 is 27.0 Å². The summed E-state index contributed by atoms with van der Waals surface area (Å²) in [5.41, 5.74) is 0.672. The van der Waals surface area contributed by atoms with Crippen molar-refractivity contribution in [3.05, 3.63) is 35.2 Å². The van der Waals surface area contributed by atoms with Gasteiger partial charge in [0.1, 0.15) is 0 Å². The molecule has 0 unspecified atom stereocenters. The molecule has 1 nitrogen and oxygen atoms in total. The molecule has 1 aromatic carbocycles. The van der Waals surface area contributed by atoms with Crippen molar-refractivity contribution >= 4 is 37.4 Å². The monoisotopic (exact) mass is 260 g/mol. The van der Waals surface area contributed by atoms with Gasteiger partial charge in [-0.05, 0) is 0 Å². The topological polar surface area (TPSA) is 17.1 Å². The molecule has 0 aliphatic rings. The molecule has 1 aromatic heterocycles. The van der Waals surface area contributed by atoms with Crippen molar-refractivity contribution in [2.75, 3.05) is 0 Å². The van der Waals surface area contributed by atoms with Crippen molar-refractivity contribution in [3.8, 4) is 0 Å². The first kappa shape index (κ1) is 10.8. The van der Waals surface area contributed by atoms with Gasteiger partial charge in [-0.25, -0.2) is 0 Å². The predicted molar refractivity (Wildman–Crippen MR) is 51.9 cm³/mol. The Labute approximate surface area is 94.4 Å². The normalized spacial score (nSPS) is 9.15. The molecule has 0 spiro atoms. The SMILES string of the molecule is O=Cc1[c-]sc2ccccc12.[Cl][Zn+]. The summed E-state index contributed by atoms with van der Waals surface area (Å²) in [5.74, 6) is 0. The summed E-state index contributed by atoms with van der Waals surface area (Å²) in [6, 6.07) is 7.81. The summed E-state index contributed by atoms with van der Waals surface area (Å²) in [6.07, 6.45) is 0.846. The molecule has 0 amide bonds. The Bertz CT molecular complexity index is 399. The van der Waals surface area contributed by atoms with Gasteiger partial charge in [0.2, 0.25) is 0 Å². The van der Waals surface area contributed by atoms with E-state index in [2.05, 4.69) is 5.38 Å². The summed E-state index contributed by atoms with van der Waals surface area (Å²) in [6.45, 7) is 0. The predicted octanol–water partition coefficient (Wildman–Crippen LogP) is 3.20. The molecule has 0 radical (unpaired) electrons. The number of aldehydes is 1. The molecule has 0 bridgehead atoms. The van der Waals surface area contributed by atoms with E-state index in [-0.39, 0.29) is 0 Å². The standard InChI is InChI=1S/C9H5OS.ClH.Zn/c10-5-7-6-11-9-4-2-1-3-8(7)9;;/h1-5H;1H;/q-1;;+2/p-1. The van der Waals surface area contributed by atoms with Crippen LogP contribution in [0.1, 0.15) is 10.4 Å². The second-order valence-corrected chi connectivity index (χ2v) is 3.08. The van der Waals surface area contributed by atoms with E-state index >= 15 is 0 Å². The van der Waals surface area contributed by atoms with Crippen LogP contribution in [0.5, 0.6) is 0 Å². The van der Waals surface area contributed by atoms with Gasteiger partial charge in [0.15, 0.2) is 0 Å². The van der Waals surface area contributed by atoms with E-state index in [1.807, 2.05) is 24.3 Å². The number of carbonyl (C=O) groups excluding carboxylic acids is 1. The molecule has 2 rings (SSSR count). The quantitative estimate of drug-likeness (QED) is 0.438. The number of carbonyl (C=O) groups is 1. The Morgan fingerprint density at radius 1 is 1.38 bits per heavy atom. The maximum atomic E-state index is 10.5. The Morgan fingerprint density at radius 3 is 2.77 bits per heavy atom. The van der Waals surface area contributed by atoms with Crippen LogP contribution in [0.25, 0.3) is 10.1 Å². The molecular weight excluding hydrogens is 257 g/mol. The third-order valence-corrected chi connectivity index (χ3v) is 2.46. The number of thiophene rings is 1. The third-order valence-electron chi connectivity index (χ3n) is 1.57. The van der Waals surface area contributed by atoms with Crippen LogP contribution in [0, 0.1) is 5.38 Å². The van der Waals surface area contributed by atoms with E-state index < -0.39 is 0 Å². The van der Waals surface area contributed by atoms with E-state index in [4.69, 9.17) is 9.69 Å². The molecule has 13 heavy (non-hydrogen) atoms. The van der Waals surface area contributed by atoms with E-state index in [9.17, 15) is 4.79 Å². The molecule has 1 heterocycles. The first-order valence-corrected chi connectivity index (χ1v) is 8.24. The van der Waals surface area contributed by atoms with Crippen molar-refractivity contribution in [3.63, 3.8) is 0 Å². The van der Waals surface area contributed by atoms with Crippen LogP contribution in [-0.2, 0) is 17.3 Å². The number of halogens is 1. The van der Waals surface area contributed by atoms with Gasteiger partial charge in [-0.2, -0.15) is 0 Å². The molecule has 0 saturated heterocycles. The average molecular weight is 262 g/mol. The van der Waals surface area contributed by atoms with E-state index in [1.54, 1.807) is 0 Å². The zero-order chi connectivity index (χ0) is 9.68.